The fourth-order valence-electron chi connectivity index (χ4n) is 2.57. The summed E-state index contributed by atoms with van der Waals surface area (Å²) in [6, 6.07) is 0. The first-order valence-corrected chi connectivity index (χ1v) is 7.53. The third kappa shape index (κ3) is 4.41. The van der Waals surface area contributed by atoms with Gasteiger partial charge in [0.15, 0.2) is 5.92 Å². The second kappa shape index (κ2) is 7.75. The molecule has 2 unspecified atom stereocenters. The Morgan fingerprint density at radius 1 is 1.24 bits per heavy atom. The molecule has 0 aliphatic carbocycles. The zero-order valence-electron chi connectivity index (χ0n) is 13.3. The number of rotatable bonds is 6. The summed E-state index contributed by atoms with van der Waals surface area (Å²) in [5, 5.41) is 10.9. The van der Waals surface area contributed by atoms with Crippen LogP contribution in [0.5, 0.6) is 0 Å². The second-order valence-corrected chi connectivity index (χ2v) is 5.65. The molecule has 0 saturated carbocycles. The van der Waals surface area contributed by atoms with Gasteiger partial charge in [0.2, 0.25) is 0 Å². The summed E-state index contributed by atoms with van der Waals surface area (Å²) in [6.45, 7) is 7.86. The molecular weight excluding hydrogens is 276 g/mol. The van der Waals surface area contributed by atoms with Crippen molar-refractivity contribution in [1.82, 2.24) is 0 Å². The van der Waals surface area contributed by atoms with Crippen molar-refractivity contribution < 1.29 is 28.9 Å². The molecule has 1 rings (SSSR count). The molecule has 0 aromatic rings. The topological polar surface area (TPSA) is 82.1 Å². The quantitative estimate of drug-likeness (QED) is 0.588. The summed E-state index contributed by atoms with van der Waals surface area (Å²) in [4.78, 5) is 24.2. The lowest BCUT2D eigenvalue weighted by Crippen LogP contribution is -2.54. The van der Waals surface area contributed by atoms with Gasteiger partial charge in [-0.1, -0.05) is 13.8 Å². The van der Waals surface area contributed by atoms with Gasteiger partial charge in [0.25, 0.3) is 0 Å². The molecule has 6 nitrogen and oxygen atoms in total. The van der Waals surface area contributed by atoms with Gasteiger partial charge < -0.3 is 19.3 Å². The minimum Gasteiger partial charge on any atom is -0.465 e. The lowest BCUT2D eigenvalue weighted by Gasteiger charge is -2.41. The average molecular weight is 302 g/mol. The summed E-state index contributed by atoms with van der Waals surface area (Å²) >= 11 is 0. The monoisotopic (exact) mass is 302 g/mol. The highest BCUT2D eigenvalue weighted by atomic mass is 16.6. The molecule has 122 valence electrons. The molecule has 21 heavy (non-hydrogen) atoms. The van der Waals surface area contributed by atoms with Crippen LogP contribution in [0.25, 0.3) is 0 Å². The lowest BCUT2D eigenvalue weighted by molar-refractivity contribution is -0.189. The maximum Gasteiger partial charge on any atom is 0.323 e. The molecule has 0 bridgehead atoms. The van der Waals surface area contributed by atoms with E-state index in [1.54, 1.807) is 13.8 Å². The third-order valence-corrected chi connectivity index (χ3v) is 3.75. The average Bonchev–Trinajstić information content (AvgIpc) is 2.39. The smallest absolute Gasteiger partial charge is 0.323 e. The number of hydrogen-bond donors (Lipinski definition) is 1. The van der Waals surface area contributed by atoms with Crippen molar-refractivity contribution in [1.29, 1.82) is 0 Å². The number of hydrogen-bond acceptors (Lipinski definition) is 6. The van der Waals surface area contributed by atoms with Gasteiger partial charge in [0.1, 0.15) is 0 Å². The van der Waals surface area contributed by atoms with Gasteiger partial charge in [-0.25, -0.2) is 0 Å². The molecule has 0 amide bonds. The first kappa shape index (κ1) is 17.9. The minimum absolute atomic E-state index is 0.148. The van der Waals surface area contributed by atoms with E-state index in [0.29, 0.717) is 6.61 Å². The molecule has 1 fully saturated rings. The fraction of sp³-hybridized carbons (Fsp3) is 0.867. The van der Waals surface area contributed by atoms with Crippen LogP contribution in [-0.2, 0) is 23.8 Å². The molecule has 1 N–H and O–H groups in total. The SMILES string of the molecule is CCOC(=O)C(C(=O)OCC)C1(O)CCOC(C(C)C)C1. The predicted molar refractivity (Wildman–Crippen MR) is 75.5 cm³/mol. The Hall–Kier alpha value is -1.14. The molecule has 0 spiro atoms. The van der Waals surface area contributed by atoms with Gasteiger partial charge in [-0.05, 0) is 19.8 Å². The van der Waals surface area contributed by atoms with Crippen LogP contribution in [0.2, 0.25) is 0 Å². The van der Waals surface area contributed by atoms with Crippen molar-refractivity contribution in [2.24, 2.45) is 11.8 Å². The van der Waals surface area contributed by atoms with Crippen LogP contribution in [0.15, 0.2) is 0 Å². The van der Waals surface area contributed by atoms with Gasteiger partial charge >= 0.3 is 11.9 Å². The number of carbonyl (C=O) groups excluding carboxylic acids is 2. The molecule has 1 heterocycles. The Kier molecular flexibility index (Phi) is 6.61. The maximum absolute atomic E-state index is 12.1. The number of aliphatic hydroxyl groups is 1. The Morgan fingerprint density at radius 2 is 1.76 bits per heavy atom. The Bertz CT molecular complexity index is 349. The Morgan fingerprint density at radius 3 is 2.19 bits per heavy atom. The van der Waals surface area contributed by atoms with E-state index in [9.17, 15) is 14.7 Å². The molecule has 1 aliphatic heterocycles. The third-order valence-electron chi connectivity index (χ3n) is 3.75. The maximum atomic E-state index is 12.1. The molecule has 6 heteroatoms. The van der Waals surface area contributed by atoms with Crippen LogP contribution >= 0.6 is 0 Å². The lowest BCUT2D eigenvalue weighted by atomic mass is 9.77. The van der Waals surface area contributed by atoms with E-state index in [-0.39, 0.29) is 38.1 Å². The summed E-state index contributed by atoms with van der Waals surface area (Å²) in [7, 11) is 0. The van der Waals surface area contributed by atoms with E-state index in [4.69, 9.17) is 14.2 Å². The Labute approximate surface area is 125 Å². The van der Waals surface area contributed by atoms with Gasteiger partial charge in [-0.3, -0.25) is 9.59 Å². The van der Waals surface area contributed by atoms with Gasteiger partial charge in [0, 0.05) is 19.4 Å². The van der Waals surface area contributed by atoms with Crippen LogP contribution in [0.3, 0.4) is 0 Å². The normalized spacial score (nSPS) is 26.0. The number of esters is 2. The summed E-state index contributed by atoms with van der Waals surface area (Å²) in [6.07, 6.45) is 0.223. The van der Waals surface area contributed by atoms with Crippen LogP contribution in [0.1, 0.15) is 40.5 Å². The summed E-state index contributed by atoms with van der Waals surface area (Å²) in [5.41, 5.74) is -1.48. The number of ether oxygens (including phenoxy) is 3. The number of carbonyl (C=O) groups is 2. The highest BCUT2D eigenvalue weighted by Crippen LogP contribution is 2.35. The molecular formula is C15H26O6. The van der Waals surface area contributed by atoms with E-state index in [1.165, 1.54) is 0 Å². The standard InChI is InChI=1S/C15H26O6/c1-5-19-13(16)12(14(17)20-6-2)15(18)7-8-21-11(9-15)10(3)4/h10-12,18H,5-9H2,1-4H3. The van der Waals surface area contributed by atoms with E-state index in [1.807, 2.05) is 13.8 Å². The van der Waals surface area contributed by atoms with Crippen molar-refractivity contribution >= 4 is 11.9 Å². The van der Waals surface area contributed by atoms with E-state index in [2.05, 4.69) is 0 Å². The predicted octanol–water partition coefficient (Wildman–Crippen LogP) is 1.29. The van der Waals surface area contributed by atoms with Crippen molar-refractivity contribution in [3.63, 3.8) is 0 Å². The van der Waals surface area contributed by atoms with Crippen molar-refractivity contribution in [2.45, 2.75) is 52.2 Å². The second-order valence-electron chi connectivity index (χ2n) is 5.65. The van der Waals surface area contributed by atoms with E-state index < -0.39 is 23.5 Å². The summed E-state index contributed by atoms with van der Waals surface area (Å²) < 4.78 is 15.5. The fourth-order valence-corrected chi connectivity index (χ4v) is 2.57. The zero-order valence-corrected chi connectivity index (χ0v) is 13.3. The zero-order chi connectivity index (χ0) is 16.0. The van der Waals surface area contributed by atoms with Crippen LogP contribution in [0.4, 0.5) is 0 Å². The van der Waals surface area contributed by atoms with Crippen LogP contribution in [0, 0.1) is 11.8 Å². The van der Waals surface area contributed by atoms with Crippen LogP contribution in [-0.4, -0.2) is 48.6 Å². The highest BCUT2D eigenvalue weighted by molar-refractivity contribution is 5.96. The molecule has 0 aromatic heterocycles. The van der Waals surface area contributed by atoms with Crippen molar-refractivity contribution in [2.75, 3.05) is 19.8 Å². The summed E-state index contributed by atoms with van der Waals surface area (Å²) in [5.74, 6) is -2.60. The van der Waals surface area contributed by atoms with Crippen LogP contribution < -0.4 is 0 Å². The van der Waals surface area contributed by atoms with Crippen molar-refractivity contribution in [3.8, 4) is 0 Å². The van der Waals surface area contributed by atoms with E-state index in [0.717, 1.165) is 0 Å². The first-order valence-electron chi connectivity index (χ1n) is 7.53. The van der Waals surface area contributed by atoms with Gasteiger partial charge in [-0.2, -0.15) is 0 Å². The van der Waals surface area contributed by atoms with Gasteiger partial charge in [0.05, 0.1) is 24.9 Å². The molecule has 0 radical (unpaired) electrons. The minimum atomic E-state index is -1.48. The largest absolute Gasteiger partial charge is 0.465 e. The van der Waals surface area contributed by atoms with Gasteiger partial charge in [-0.15, -0.1) is 0 Å². The molecule has 0 aromatic carbocycles. The Balaban J connectivity index is 2.99. The molecule has 1 saturated heterocycles. The highest BCUT2D eigenvalue weighted by Gasteiger charge is 2.51. The van der Waals surface area contributed by atoms with Crippen molar-refractivity contribution in [3.05, 3.63) is 0 Å². The van der Waals surface area contributed by atoms with E-state index >= 15 is 0 Å². The molecule has 1 aliphatic rings. The molecule has 2 atom stereocenters. The first-order chi connectivity index (χ1) is 9.85.